The molecule has 26 heavy (non-hydrogen) atoms. The zero-order valence-electron chi connectivity index (χ0n) is 15.8. The molecular weight excluding hydrogens is 337 g/mol. The van der Waals surface area contributed by atoms with E-state index in [0.717, 1.165) is 37.2 Å². The van der Waals surface area contributed by atoms with Gasteiger partial charge in [0, 0.05) is 25.3 Å². The van der Waals surface area contributed by atoms with Crippen molar-refractivity contribution in [2.75, 3.05) is 13.7 Å². The summed E-state index contributed by atoms with van der Waals surface area (Å²) in [4.78, 5) is 21.2. The van der Waals surface area contributed by atoms with Crippen LogP contribution >= 0.6 is 0 Å². The number of ether oxygens (including phenoxy) is 2. The zero-order valence-corrected chi connectivity index (χ0v) is 15.8. The number of benzene rings is 1. The lowest BCUT2D eigenvalue weighted by Crippen LogP contribution is -2.34. The van der Waals surface area contributed by atoms with Gasteiger partial charge in [-0.1, -0.05) is 0 Å². The monoisotopic (exact) mass is 363 g/mol. The van der Waals surface area contributed by atoms with Crippen molar-refractivity contribution in [3.05, 3.63) is 29.3 Å². The second kappa shape index (κ2) is 7.23. The van der Waals surface area contributed by atoms with Gasteiger partial charge in [0.25, 0.3) is 0 Å². The zero-order chi connectivity index (χ0) is 18.9. The highest BCUT2D eigenvalue weighted by Crippen LogP contribution is 2.28. The standard InChI is InChI=1S/C19H26FN3O3/c1-19(2,3)26-18(24)23(4)11-12-9-14-15(10-13(12)20)22-17(21-14)16-7-5-6-8-25-16/h9-10,16H,5-8,11H2,1-4H3,(H,21,22). The molecule has 2 aromatic rings. The Morgan fingerprint density at radius 1 is 1.42 bits per heavy atom. The number of hydrogen-bond acceptors (Lipinski definition) is 4. The Morgan fingerprint density at radius 3 is 2.85 bits per heavy atom. The second-order valence-electron chi connectivity index (χ2n) is 7.77. The van der Waals surface area contributed by atoms with Crippen molar-refractivity contribution in [3.8, 4) is 0 Å². The molecular formula is C19H26FN3O3. The minimum Gasteiger partial charge on any atom is -0.444 e. The van der Waals surface area contributed by atoms with Gasteiger partial charge in [-0.2, -0.15) is 0 Å². The quantitative estimate of drug-likeness (QED) is 0.882. The highest BCUT2D eigenvalue weighted by Gasteiger charge is 2.22. The van der Waals surface area contributed by atoms with Gasteiger partial charge < -0.3 is 19.4 Å². The molecule has 7 heteroatoms. The molecule has 1 saturated heterocycles. The van der Waals surface area contributed by atoms with Gasteiger partial charge in [-0.25, -0.2) is 14.2 Å². The van der Waals surface area contributed by atoms with Gasteiger partial charge in [-0.15, -0.1) is 0 Å². The van der Waals surface area contributed by atoms with Crippen molar-refractivity contribution >= 4 is 17.1 Å². The van der Waals surface area contributed by atoms with Gasteiger partial charge in [0.1, 0.15) is 23.3 Å². The molecule has 0 saturated carbocycles. The molecule has 1 amide bonds. The van der Waals surface area contributed by atoms with Crippen LogP contribution in [-0.2, 0) is 16.0 Å². The van der Waals surface area contributed by atoms with Gasteiger partial charge >= 0.3 is 6.09 Å². The molecule has 1 N–H and O–H groups in total. The fourth-order valence-electron chi connectivity index (χ4n) is 2.99. The number of nitrogens with zero attached hydrogens (tertiary/aromatic N) is 2. The lowest BCUT2D eigenvalue weighted by Gasteiger charge is -2.24. The first kappa shape index (κ1) is 18.6. The van der Waals surface area contributed by atoms with Crippen molar-refractivity contribution in [1.29, 1.82) is 0 Å². The molecule has 0 aliphatic carbocycles. The summed E-state index contributed by atoms with van der Waals surface area (Å²) < 4.78 is 25.5. The van der Waals surface area contributed by atoms with E-state index >= 15 is 0 Å². The molecule has 1 aliphatic rings. The van der Waals surface area contributed by atoms with E-state index in [-0.39, 0.29) is 12.6 Å². The number of halogens is 1. The molecule has 142 valence electrons. The number of rotatable bonds is 3. The highest BCUT2D eigenvalue weighted by molar-refractivity contribution is 5.76. The SMILES string of the molecule is CN(Cc1cc2[nH]c(C3CCCCO3)nc2cc1F)C(=O)OC(C)(C)C. The van der Waals surface area contributed by atoms with E-state index in [4.69, 9.17) is 9.47 Å². The van der Waals surface area contributed by atoms with Gasteiger partial charge in [0.15, 0.2) is 0 Å². The average molecular weight is 363 g/mol. The number of aromatic nitrogens is 2. The maximum absolute atomic E-state index is 14.5. The van der Waals surface area contributed by atoms with Crippen LogP contribution in [0.15, 0.2) is 12.1 Å². The smallest absolute Gasteiger partial charge is 0.410 e. The third-order valence-electron chi connectivity index (χ3n) is 4.27. The van der Waals surface area contributed by atoms with Crippen LogP contribution in [0.1, 0.15) is 57.5 Å². The fraction of sp³-hybridized carbons (Fsp3) is 0.579. The lowest BCUT2D eigenvalue weighted by atomic mass is 10.1. The first-order chi connectivity index (χ1) is 12.2. The lowest BCUT2D eigenvalue weighted by molar-refractivity contribution is 0.0101. The number of nitrogens with one attached hydrogen (secondary N) is 1. The Balaban J connectivity index is 1.78. The molecule has 1 atom stereocenters. The van der Waals surface area contributed by atoms with Crippen LogP contribution in [0, 0.1) is 5.82 Å². The van der Waals surface area contributed by atoms with Crippen molar-refractivity contribution < 1.29 is 18.7 Å². The predicted octanol–water partition coefficient (Wildman–Crippen LogP) is 4.31. The van der Waals surface area contributed by atoms with Crippen molar-refractivity contribution in [2.24, 2.45) is 0 Å². The van der Waals surface area contributed by atoms with Gasteiger partial charge in [0.2, 0.25) is 0 Å². The minimum atomic E-state index is -0.591. The van der Waals surface area contributed by atoms with Gasteiger partial charge in [0.05, 0.1) is 17.6 Å². The van der Waals surface area contributed by atoms with Gasteiger partial charge in [-0.05, 0) is 46.1 Å². The molecule has 0 bridgehead atoms. The summed E-state index contributed by atoms with van der Waals surface area (Å²) in [5.41, 5.74) is 1.12. The number of imidazole rings is 1. The summed E-state index contributed by atoms with van der Waals surface area (Å²) in [5, 5.41) is 0. The van der Waals surface area contributed by atoms with Crippen molar-refractivity contribution in [3.63, 3.8) is 0 Å². The van der Waals surface area contributed by atoms with Crippen LogP contribution in [0.4, 0.5) is 9.18 Å². The van der Waals surface area contributed by atoms with E-state index in [1.54, 1.807) is 33.9 Å². The predicted molar refractivity (Wildman–Crippen MR) is 96.3 cm³/mol. The molecule has 1 aromatic carbocycles. The Bertz CT molecular complexity index is 791. The molecule has 1 unspecified atom stereocenters. The Hall–Kier alpha value is -2.15. The number of hydrogen-bond donors (Lipinski definition) is 1. The Kier molecular flexibility index (Phi) is 5.18. The van der Waals surface area contributed by atoms with E-state index in [0.29, 0.717) is 11.1 Å². The van der Waals surface area contributed by atoms with E-state index < -0.39 is 17.5 Å². The summed E-state index contributed by atoms with van der Waals surface area (Å²) >= 11 is 0. The third kappa shape index (κ3) is 4.33. The summed E-state index contributed by atoms with van der Waals surface area (Å²) in [6.07, 6.45) is 2.52. The first-order valence-electron chi connectivity index (χ1n) is 8.97. The second-order valence-corrected chi connectivity index (χ2v) is 7.77. The van der Waals surface area contributed by atoms with Crippen LogP contribution in [0.2, 0.25) is 0 Å². The van der Waals surface area contributed by atoms with E-state index in [9.17, 15) is 9.18 Å². The number of amides is 1. The van der Waals surface area contributed by atoms with E-state index in [1.807, 2.05) is 0 Å². The molecule has 1 fully saturated rings. The van der Waals surface area contributed by atoms with Gasteiger partial charge in [-0.3, -0.25) is 0 Å². The third-order valence-corrected chi connectivity index (χ3v) is 4.27. The topological polar surface area (TPSA) is 67.5 Å². The maximum Gasteiger partial charge on any atom is 0.410 e. The largest absolute Gasteiger partial charge is 0.444 e. The normalized spacial score (nSPS) is 18.1. The van der Waals surface area contributed by atoms with E-state index in [2.05, 4.69) is 9.97 Å². The Labute approximate surface area is 152 Å². The molecule has 1 aromatic heterocycles. The summed E-state index contributed by atoms with van der Waals surface area (Å²) in [5.74, 6) is 0.340. The fourth-order valence-corrected chi connectivity index (χ4v) is 2.99. The molecule has 1 aliphatic heterocycles. The molecule has 0 radical (unpaired) electrons. The minimum absolute atomic E-state index is 0.0629. The van der Waals surface area contributed by atoms with Crippen LogP contribution in [0.5, 0.6) is 0 Å². The maximum atomic E-state index is 14.5. The summed E-state index contributed by atoms with van der Waals surface area (Å²) in [6, 6.07) is 3.10. The Morgan fingerprint density at radius 2 is 2.19 bits per heavy atom. The van der Waals surface area contributed by atoms with Crippen LogP contribution < -0.4 is 0 Å². The van der Waals surface area contributed by atoms with Crippen molar-refractivity contribution in [1.82, 2.24) is 14.9 Å². The molecule has 3 rings (SSSR count). The highest BCUT2D eigenvalue weighted by atomic mass is 19.1. The first-order valence-corrected chi connectivity index (χ1v) is 8.97. The van der Waals surface area contributed by atoms with Crippen LogP contribution in [-0.4, -0.2) is 40.2 Å². The number of carbonyl (C=O) groups is 1. The number of aromatic amines is 1. The number of fused-ring (bicyclic) bond motifs is 1. The van der Waals surface area contributed by atoms with Crippen molar-refractivity contribution in [2.45, 2.75) is 58.3 Å². The summed E-state index contributed by atoms with van der Waals surface area (Å²) in [6.45, 7) is 6.23. The van der Waals surface area contributed by atoms with Crippen LogP contribution in [0.3, 0.4) is 0 Å². The number of H-pyrrole nitrogens is 1. The van der Waals surface area contributed by atoms with Crippen LogP contribution in [0.25, 0.3) is 11.0 Å². The molecule has 0 spiro atoms. The molecule has 2 heterocycles. The molecule has 6 nitrogen and oxygen atoms in total. The number of carbonyl (C=O) groups excluding carboxylic acids is 1. The summed E-state index contributed by atoms with van der Waals surface area (Å²) in [7, 11) is 1.59. The average Bonchev–Trinajstić information content (AvgIpc) is 2.97. The van der Waals surface area contributed by atoms with E-state index in [1.165, 1.54) is 11.0 Å².